The molecule has 0 bridgehead atoms. The standard InChI is InChI=1S/2C24H23ClFN7O/c2*1-13-28-12-33(32-13)20-9-5-15(11-21(20)34-3)29-24-30-22-17(7-8-18(22)23(27-2)31-24)16-6-4-14(25)10-19(16)26/h2*4-6,9-12,17H,7-8H2,1-3H3,(H2,27,29,30,31)/t2*17-/m10/s1. The van der Waals surface area contributed by atoms with Crippen molar-refractivity contribution < 1.29 is 18.3 Å². The van der Waals surface area contributed by atoms with Gasteiger partial charge < -0.3 is 30.7 Å². The lowest BCUT2D eigenvalue weighted by atomic mass is 9.96. The fourth-order valence-corrected chi connectivity index (χ4v) is 9.01. The summed E-state index contributed by atoms with van der Waals surface area (Å²) < 4.78 is 43.9. The normalized spacial score (nSPS) is 14.7. The second kappa shape index (κ2) is 19.4. The van der Waals surface area contributed by atoms with Crippen molar-refractivity contribution in [3.05, 3.63) is 152 Å². The molecule has 16 nitrogen and oxygen atoms in total. The summed E-state index contributed by atoms with van der Waals surface area (Å²) in [5.74, 6) is 3.86. The molecule has 20 heteroatoms. The highest BCUT2D eigenvalue weighted by atomic mass is 35.5. The van der Waals surface area contributed by atoms with Gasteiger partial charge in [0, 0.05) is 70.6 Å². The van der Waals surface area contributed by atoms with Crippen molar-refractivity contribution in [3.63, 3.8) is 0 Å². The molecule has 8 aromatic rings. The van der Waals surface area contributed by atoms with Crippen LogP contribution in [-0.2, 0) is 12.8 Å². The highest BCUT2D eigenvalue weighted by molar-refractivity contribution is 6.30. The van der Waals surface area contributed by atoms with Gasteiger partial charge in [0.05, 0.1) is 25.6 Å². The fraction of sp³-hybridized carbons (Fsp3) is 0.250. The van der Waals surface area contributed by atoms with Crippen LogP contribution >= 0.6 is 23.2 Å². The predicted octanol–water partition coefficient (Wildman–Crippen LogP) is 10.1. The number of aryl methyl sites for hydroxylation is 2. The number of hydrogen-bond acceptors (Lipinski definition) is 14. The second-order valence-corrected chi connectivity index (χ2v) is 16.9. The van der Waals surface area contributed by atoms with Crippen LogP contribution in [0.2, 0.25) is 10.0 Å². The molecule has 348 valence electrons. The van der Waals surface area contributed by atoms with E-state index in [1.54, 1.807) is 60.5 Å². The molecule has 4 aromatic carbocycles. The number of halogens is 4. The lowest BCUT2D eigenvalue weighted by Crippen LogP contribution is -2.09. The summed E-state index contributed by atoms with van der Waals surface area (Å²) in [6.07, 6.45) is 6.30. The van der Waals surface area contributed by atoms with Gasteiger partial charge in [-0.05, 0) is 99.2 Å². The summed E-state index contributed by atoms with van der Waals surface area (Å²) in [5.41, 5.74) is 7.81. The van der Waals surface area contributed by atoms with E-state index in [0.717, 1.165) is 82.6 Å². The number of nitrogens with one attached hydrogen (secondary N) is 4. The number of anilines is 6. The molecule has 0 saturated carbocycles. The van der Waals surface area contributed by atoms with Crippen molar-refractivity contribution in [1.29, 1.82) is 0 Å². The first-order valence-electron chi connectivity index (χ1n) is 21.7. The topological polar surface area (TPSA) is 180 Å². The van der Waals surface area contributed by atoms with E-state index in [9.17, 15) is 8.78 Å². The molecule has 0 saturated heterocycles. The van der Waals surface area contributed by atoms with Crippen molar-refractivity contribution >= 4 is 58.1 Å². The van der Waals surface area contributed by atoms with E-state index in [0.29, 0.717) is 56.2 Å². The maximum absolute atomic E-state index is 14.7. The Morgan fingerprint density at radius 3 is 1.37 bits per heavy atom. The largest absolute Gasteiger partial charge is 0.494 e. The number of aromatic nitrogens is 10. The molecule has 2 atom stereocenters. The molecule has 0 radical (unpaired) electrons. The number of methoxy groups -OCH3 is 2. The zero-order valence-corrected chi connectivity index (χ0v) is 39.4. The maximum Gasteiger partial charge on any atom is 0.229 e. The number of ether oxygens (including phenoxy) is 2. The van der Waals surface area contributed by atoms with Crippen LogP contribution in [0.15, 0.2) is 85.5 Å². The van der Waals surface area contributed by atoms with Crippen LogP contribution in [0.25, 0.3) is 11.4 Å². The van der Waals surface area contributed by atoms with Crippen LogP contribution in [0.5, 0.6) is 11.5 Å². The Morgan fingerprint density at radius 2 is 1.01 bits per heavy atom. The van der Waals surface area contributed by atoms with Gasteiger partial charge in [-0.1, -0.05) is 35.3 Å². The third-order valence-corrected chi connectivity index (χ3v) is 12.3. The number of nitrogens with zero attached hydrogens (tertiary/aromatic N) is 10. The number of fused-ring (bicyclic) bond motifs is 2. The molecule has 0 unspecified atom stereocenters. The van der Waals surface area contributed by atoms with Crippen molar-refractivity contribution in [3.8, 4) is 22.9 Å². The van der Waals surface area contributed by atoms with Gasteiger partial charge in [-0.25, -0.2) is 38.1 Å². The van der Waals surface area contributed by atoms with Gasteiger partial charge in [0.15, 0.2) is 0 Å². The molecule has 4 N–H and O–H groups in total. The summed E-state index contributed by atoms with van der Waals surface area (Å²) in [7, 11) is 6.84. The SMILES string of the molecule is CNc1nc(Nc2ccc(-n3cnc(C)n3)c(OC)c2)nc2c1CC[C@@H]2c1ccc(Cl)cc1F.CNc1nc(Nc2ccc(-n3cnc(C)n3)c(OC)c2)nc2c1CC[C@H]2c1ccc(Cl)cc1F. The summed E-state index contributed by atoms with van der Waals surface area (Å²) in [6, 6.07) is 20.8. The number of hydrogen-bond donors (Lipinski definition) is 4. The van der Waals surface area contributed by atoms with E-state index in [1.807, 2.05) is 64.3 Å². The Hall–Kier alpha value is -7.44. The summed E-state index contributed by atoms with van der Waals surface area (Å²) in [6.45, 7) is 3.65. The van der Waals surface area contributed by atoms with E-state index in [1.165, 1.54) is 12.1 Å². The smallest absolute Gasteiger partial charge is 0.229 e. The van der Waals surface area contributed by atoms with Gasteiger partial charge >= 0.3 is 0 Å². The van der Waals surface area contributed by atoms with Gasteiger partial charge in [-0.15, -0.1) is 0 Å². The number of rotatable bonds is 12. The van der Waals surface area contributed by atoms with Gasteiger partial charge in [0.2, 0.25) is 11.9 Å². The quantitative estimate of drug-likeness (QED) is 0.0909. The van der Waals surface area contributed by atoms with E-state index in [4.69, 9.17) is 42.6 Å². The molecule has 0 amide bonds. The Bertz CT molecular complexity index is 2960. The Kier molecular flexibility index (Phi) is 13.1. The Morgan fingerprint density at radius 1 is 0.588 bits per heavy atom. The molecule has 4 aromatic heterocycles. The van der Waals surface area contributed by atoms with Gasteiger partial charge in [0.25, 0.3) is 0 Å². The monoisotopic (exact) mass is 958 g/mol. The fourth-order valence-electron chi connectivity index (χ4n) is 8.69. The molecule has 0 aliphatic heterocycles. The van der Waals surface area contributed by atoms with Crippen molar-refractivity contribution in [2.45, 2.75) is 51.4 Å². The average Bonchev–Trinajstić information content (AvgIpc) is 4.16. The third-order valence-electron chi connectivity index (χ3n) is 11.8. The van der Waals surface area contributed by atoms with Crippen LogP contribution in [0.3, 0.4) is 0 Å². The van der Waals surface area contributed by atoms with E-state index in [2.05, 4.69) is 51.4 Å². The van der Waals surface area contributed by atoms with Gasteiger partial charge in [0.1, 0.15) is 70.4 Å². The first-order valence-corrected chi connectivity index (χ1v) is 22.4. The minimum atomic E-state index is -0.326. The van der Waals surface area contributed by atoms with E-state index < -0.39 is 0 Å². The third kappa shape index (κ3) is 9.28. The summed E-state index contributed by atoms with van der Waals surface area (Å²) >= 11 is 11.9. The van der Waals surface area contributed by atoms with Crippen LogP contribution in [0, 0.1) is 25.5 Å². The summed E-state index contributed by atoms with van der Waals surface area (Å²) in [5, 5.41) is 22.3. The average molecular weight is 960 g/mol. The Balaban J connectivity index is 0.000000170. The molecule has 68 heavy (non-hydrogen) atoms. The minimum Gasteiger partial charge on any atom is -0.494 e. The lowest BCUT2D eigenvalue weighted by molar-refractivity contribution is 0.412. The molecular formula is C48H46Cl2F2N14O2. The van der Waals surface area contributed by atoms with E-state index >= 15 is 0 Å². The predicted molar refractivity (Wildman–Crippen MR) is 258 cm³/mol. The summed E-state index contributed by atoms with van der Waals surface area (Å²) in [4.78, 5) is 27.2. The highest BCUT2D eigenvalue weighted by Crippen LogP contribution is 2.43. The molecular weight excluding hydrogens is 914 g/mol. The van der Waals surface area contributed by atoms with Crippen LogP contribution in [0.1, 0.15) is 70.0 Å². The zero-order chi connectivity index (χ0) is 47.6. The van der Waals surface area contributed by atoms with E-state index in [-0.39, 0.29) is 23.5 Å². The molecule has 2 aliphatic carbocycles. The second-order valence-electron chi connectivity index (χ2n) is 16.0. The first kappa shape index (κ1) is 45.7. The first-order chi connectivity index (χ1) is 32.9. The van der Waals surface area contributed by atoms with Gasteiger partial charge in [-0.3, -0.25) is 0 Å². The minimum absolute atomic E-state index is 0.171. The molecule has 0 fully saturated rings. The van der Waals surface area contributed by atoms with Crippen LogP contribution < -0.4 is 30.7 Å². The molecule has 4 heterocycles. The lowest BCUT2D eigenvalue weighted by Gasteiger charge is -2.16. The number of benzene rings is 4. The molecule has 10 rings (SSSR count). The molecule has 0 spiro atoms. The highest BCUT2D eigenvalue weighted by Gasteiger charge is 2.33. The van der Waals surface area contributed by atoms with Crippen molar-refractivity contribution in [2.75, 3.05) is 49.6 Å². The van der Waals surface area contributed by atoms with Crippen molar-refractivity contribution in [1.82, 2.24) is 49.5 Å². The maximum atomic E-state index is 14.7. The van der Waals surface area contributed by atoms with Crippen LogP contribution in [-0.4, -0.2) is 77.8 Å². The van der Waals surface area contributed by atoms with Crippen LogP contribution in [0.4, 0.5) is 43.7 Å². The van der Waals surface area contributed by atoms with Gasteiger partial charge in [-0.2, -0.15) is 20.2 Å². The molecule has 2 aliphatic rings. The van der Waals surface area contributed by atoms with Crippen molar-refractivity contribution in [2.24, 2.45) is 0 Å². The zero-order valence-electron chi connectivity index (χ0n) is 37.9. The Labute approximate surface area is 400 Å².